The molecule has 1 heteroatoms. The molecule has 1 aromatic carbocycles. The molecule has 0 bridgehead atoms. The Morgan fingerprint density at radius 3 is 2.31 bits per heavy atom. The zero-order valence-electron chi connectivity index (χ0n) is 8.76. The van der Waals surface area contributed by atoms with E-state index in [-0.39, 0.29) is 5.41 Å². The number of halogens is 1. The van der Waals surface area contributed by atoms with Crippen LogP contribution in [0, 0.1) is 0 Å². The first-order chi connectivity index (χ1) is 5.91. The minimum Gasteiger partial charge on any atom is -0.243 e. The van der Waals surface area contributed by atoms with Crippen molar-refractivity contribution >= 4 is 0 Å². The van der Waals surface area contributed by atoms with Crippen LogP contribution >= 0.6 is 0 Å². The summed E-state index contributed by atoms with van der Waals surface area (Å²) in [5.74, 6) is 0. The van der Waals surface area contributed by atoms with Crippen LogP contribution in [-0.2, 0) is 5.41 Å². The van der Waals surface area contributed by atoms with Crippen molar-refractivity contribution in [2.24, 2.45) is 0 Å². The van der Waals surface area contributed by atoms with E-state index in [1.165, 1.54) is 5.56 Å². The van der Waals surface area contributed by atoms with E-state index in [2.05, 4.69) is 20.8 Å². The van der Waals surface area contributed by atoms with Crippen LogP contribution in [0.4, 0.5) is 4.39 Å². The van der Waals surface area contributed by atoms with Crippen LogP contribution in [0.5, 0.6) is 0 Å². The van der Waals surface area contributed by atoms with Crippen molar-refractivity contribution in [1.82, 2.24) is 0 Å². The lowest BCUT2D eigenvalue weighted by molar-refractivity contribution is 0.373. The number of benzene rings is 1. The molecule has 0 aliphatic heterocycles. The highest BCUT2D eigenvalue weighted by Gasteiger charge is 2.14. The molecule has 1 rings (SSSR count). The van der Waals surface area contributed by atoms with E-state index in [1.54, 1.807) is 6.92 Å². The lowest BCUT2D eigenvalue weighted by atomic mass is 9.86. The summed E-state index contributed by atoms with van der Waals surface area (Å²) in [6, 6.07) is 7.75. The predicted molar refractivity (Wildman–Crippen MR) is 54.7 cm³/mol. The Morgan fingerprint density at radius 1 is 1.23 bits per heavy atom. The van der Waals surface area contributed by atoms with Gasteiger partial charge in [0, 0.05) is 0 Å². The molecule has 0 saturated carbocycles. The van der Waals surface area contributed by atoms with E-state index >= 15 is 0 Å². The molecule has 0 fully saturated rings. The Kier molecular flexibility index (Phi) is 2.74. The Labute approximate surface area is 79.8 Å². The normalized spacial score (nSPS) is 14.2. The van der Waals surface area contributed by atoms with E-state index in [1.807, 2.05) is 24.3 Å². The van der Waals surface area contributed by atoms with Gasteiger partial charge in [0.25, 0.3) is 0 Å². The quantitative estimate of drug-likeness (QED) is 0.612. The first-order valence-electron chi connectivity index (χ1n) is 4.66. The van der Waals surface area contributed by atoms with Gasteiger partial charge in [0.15, 0.2) is 0 Å². The molecule has 13 heavy (non-hydrogen) atoms. The number of hydrogen-bond donors (Lipinski definition) is 0. The largest absolute Gasteiger partial charge is 0.243 e. The summed E-state index contributed by atoms with van der Waals surface area (Å²) in [6.07, 6.45) is -0.873. The van der Waals surface area contributed by atoms with Gasteiger partial charge in [-0.15, -0.1) is 0 Å². The first kappa shape index (κ1) is 10.2. The predicted octanol–water partition coefficient (Wildman–Crippen LogP) is 4.01. The van der Waals surface area contributed by atoms with Gasteiger partial charge in [-0.2, -0.15) is 0 Å². The van der Waals surface area contributed by atoms with Crippen molar-refractivity contribution in [1.29, 1.82) is 0 Å². The van der Waals surface area contributed by atoms with Gasteiger partial charge in [0.2, 0.25) is 0 Å². The summed E-state index contributed by atoms with van der Waals surface area (Å²) < 4.78 is 13.0. The molecule has 0 heterocycles. The van der Waals surface area contributed by atoms with Gasteiger partial charge in [0.05, 0.1) is 0 Å². The van der Waals surface area contributed by atoms with Gasteiger partial charge < -0.3 is 0 Å². The Bertz CT molecular complexity index is 281. The molecule has 1 unspecified atom stereocenters. The maximum Gasteiger partial charge on any atom is 0.122 e. The summed E-state index contributed by atoms with van der Waals surface area (Å²) in [6.45, 7) is 7.97. The van der Waals surface area contributed by atoms with Gasteiger partial charge in [-0.1, -0.05) is 45.0 Å². The fourth-order valence-corrected chi connectivity index (χ4v) is 1.25. The lowest BCUT2D eigenvalue weighted by Crippen LogP contribution is -2.11. The maximum atomic E-state index is 13.0. The standard InChI is InChI=1S/C12H17F/c1-9(13)10-6-5-7-11(8-10)12(2,3)4/h5-9H,1-4H3. The summed E-state index contributed by atoms with van der Waals surface area (Å²) in [4.78, 5) is 0. The molecule has 0 saturated heterocycles. The summed E-state index contributed by atoms with van der Waals surface area (Å²) in [7, 11) is 0. The third-order valence-electron chi connectivity index (χ3n) is 2.21. The summed E-state index contributed by atoms with van der Waals surface area (Å²) >= 11 is 0. The monoisotopic (exact) mass is 180 g/mol. The third kappa shape index (κ3) is 2.55. The van der Waals surface area contributed by atoms with Crippen LogP contribution in [0.2, 0.25) is 0 Å². The third-order valence-corrected chi connectivity index (χ3v) is 2.21. The Balaban J connectivity index is 3.06. The number of alkyl halides is 1. The summed E-state index contributed by atoms with van der Waals surface area (Å²) in [5, 5.41) is 0. The average molecular weight is 180 g/mol. The number of hydrogen-bond acceptors (Lipinski definition) is 0. The second-order valence-corrected chi connectivity index (χ2v) is 4.49. The van der Waals surface area contributed by atoms with Gasteiger partial charge in [-0.3, -0.25) is 0 Å². The Hall–Kier alpha value is -0.850. The smallest absolute Gasteiger partial charge is 0.122 e. The lowest BCUT2D eigenvalue weighted by Gasteiger charge is -2.19. The maximum absolute atomic E-state index is 13.0. The van der Waals surface area contributed by atoms with Gasteiger partial charge in [-0.25, -0.2) is 4.39 Å². The molecule has 0 N–H and O–H groups in total. The van der Waals surface area contributed by atoms with Crippen LogP contribution in [0.25, 0.3) is 0 Å². The zero-order valence-corrected chi connectivity index (χ0v) is 8.76. The van der Waals surface area contributed by atoms with E-state index in [0.29, 0.717) is 0 Å². The van der Waals surface area contributed by atoms with Crippen LogP contribution in [0.3, 0.4) is 0 Å². The molecule has 0 aliphatic carbocycles. The molecule has 1 aromatic rings. The van der Waals surface area contributed by atoms with Crippen molar-refractivity contribution in [3.63, 3.8) is 0 Å². The van der Waals surface area contributed by atoms with Gasteiger partial charge in [-0.05, 0) is 23.5 Å². The SMILES string of the molecule is CC(F)c1cccc(C(C)(C)C)c1. The van der Waals surface area contributed by atoms with Gasteiger partial charge >= 0.3 is 0 Å². The van der Waals surface area contributed by atoms with Crippen molar-refractivity contribution < 1.29 is 4.39 Å². The van der Waals surface area contributed by atoms with E-state index < -0.39 is 6.17 Å². The van der Waals surface area contributed by atoms with Crippen LogP contribution in [0.15, 0.2) is 24.3 Å². The zero-order chi connectivity index (χ0) is 10.1. The van der Waals surface area contributed by atoms with Crippen molar-refractivity contribution in [2.75, 3.05) is 0 Å². The molecular formula is C12H17F. The fourth-order valence-electron chi connectivity index (χ4n) is 1.25. The molecule has 72 valence electrons. The van der Waals surface area contributed by atoms with Crippen LogP contribution in [-0.4, -0.2) is 0 Å². The molecule has 1 atom stereocenters. The minimum atomic E-state index is -0.873. The van der Waals surface area contributed by atoms with Crippen molar-refractivity contribution in [2.45, 2.75) is 39.3 Å². The molecular weight excluding hydrogens is 163 g/mol. The highest BCUT2D eigenvalue weighted by atomic mass is 19.1. The first-order valence-corrected chi connectivity index (χ1v) is 4.66. The molecule has 0 aliphatic rings. The minimum absolute atomic E-state index is 0.102. The molecule has 0 spiro atoms. The van der Waals surface area contributed by atoms with Crippen LogP contribution < -0.4 is 0 Å². The average Bonchev–Trinajstić information content (AvgIpc) is 2.03. The highest BCUT2D eigenvalue weighted by Crippen LogP contribution is 2.25. The molecule has 0 radical (unpaired) electrons. The number of rotatable bonds is 1. The second kappa shape index (κ2) is 3.49. The highest BCUT2D eigenvalue weighted by molar-refractivity contribution is 5.29. The molecule has 0 nitrogen and oxygen atoms in total. The fraction of sp³-hybridized carbons (Fsp3) is 0.500. The van der Waals surface area contributed by atoms with Crippen LogP contribution in [0.1, 0.15) is 45.0 Å². The van der Waals surface area contributed by atoms with Crippen molar-refractivity contribution in [3.8, 4) is 0 Å². The topological polar surface area (TPSA) is 0 Å². The summed E-state index contributed by atoms with van der Waals surface area (Å²) in [5.41, 5.74) is 2.06. The van der Waals surface area contributed by atoms with E-state index in [4.69, 9.17) is 0 Å². The Morgan fingerprint density at radius 2 is 1.85 bits per heavy atom. The molecule has 0 amide bonds. The van der Waals surface area contributed by atoms with E-state index in [9.17, 15) is 4.39 Å². The molecule has 0 aromatic heterocycles. The van der Waals surface area contributed by atoms with Crippen molar-refractivity contribution in [3.05, 3.63) is 35.4 Å². The van der Waals surface area contributed by atoms with Gasteiger partial charge in [0.1, 0.15) is 6.17 Å². The van der Waals surface area contributed by atoms with E-state index in [0.717, 1.165) is 5.56 Å². The second-order valence-electron chi connectivity index (χ2n) is 4.49.